The standard InChI is InChI=1S/C27H26N8O/c1-2-6-22-21(5-1)33-24(34-22)16-18-7-9-20(10-8-18)36-26-25(29-14-15-30-26)23-11-13-31-27(35-23)32-19-4-3-12-28-17-19/h1-2,5-11,13-15,19,28H,3-4,12,16-17H2,(H,33,34)(H,31,32,35)/t19-/m0/s1. The zero-order valence-corrected chi connectivity index (χ0v) is 19.7. The number of H-pyrrole nitrogens is 1. The lowest BCUT2D eigenvalue weighted by Gasteiger charge is -2.23. The fourth-order valence-corrected chi connectivity index (χ4v) is 4.36. The van der Waals surface area contributed by atoms with E-state index in [1.165, 1.54) is 0 Å². The predicted octanol–water partition coefficient (Wildman–Crippen LogP) is 4.36. The van der Waals surface area contributed by atoms with Crippen LogP contribution in [0.25, 0.3) is 22.4 Å². The summed E-state index contributed by atoms with van der Waals surface area (Å²) in [5.74, 6) is 2.57. The van der Waals surface area contributed by atoms with Gasteiger partial charge in [0.05, 0.1) is 16.7 Å². The van der Waals surface area contributed by atoms with E-state index in [4.69, 9.17) is 4.74 Å². The lowest BCUT2D eigenvalue weighted by atomic mass is 10.1. The summed E-state index contributed by atoms with van der Waals surface area (Å²) < 4.78 is 6.12. The molecule has 4 heterocycles. The topological polar surface area (TPSA) is 114 Å². The van der Waals surface area contributed by atoms with Gasteiger partial charge in [0.15, 0.2) is 5.69 Å². The van der Waals surface area contributed by atoms with Gasteiger partial charge >= 0.3 is 0 Å². The summed E-state index contributed by atoms with van der Waals surface area (Å²) in [6.45, 7) is 1.96. The Kier molecular flexibility index (Phi) is 6.20. The lowest BCUT2D eigenvalue weighted by Crippen LogP contribution is -2.38. The quantitative estimate of drug-likeness (QED) is 0.316. The van der Waals surface area contributed by atoms with Crippen LogP contribution >= 0.6 is 0 Å². The van der Waals surface area contributed by atoms with Crippen LogP contribution < -0.4 is 15.4 Å². The van der Waals surface area contributed by atoms with Crippen LogP contribution in [0.3, 0.4) is 0 Å². The van der Waals surface area contributed by atoms with E-state index in [1.807, 2.05) is 54.6 Å². The van der Waals surface area contributed by atoms with E-state index in [2.05, 4.69) is 40.5 Å². The van der Waals surface area contributed by atoms with E-state index in [1.54, 1.807) is 18.6 Å². The number of piperidine rings is 1. The van der Waals surface area contributed by atoms with Gasteiger partial charge in [-0.25, -0.2) is 24.9 Å². The first-order valence-electron chi connectivity index (χ1n) is 12.1. The number of hydrogen-bond acceptors (Lipinski definition) is 8. The normalized spacial score (nSPS) is 15.6. The van der Waals surface area contributed by atoms with Gasteiger partial charge in [0.25, 0.3) is 0 Å². The number of nitrogens with one attached hydrogen (secondary N) is 3. The largest absolute Gasteiger partial charge is 0.437 e. The second kappa shape index (κ2) is 10.1. The van der Waals surface area contributed by atoms with Crippen LogP contribution in [0.4, 0.5) is 5.95 Å². The molecule has 0 radical (unpaired) electrons. The Morgan fingerprint density at radius 2 is 1.81 bits per heavy atom. The Morgan fingerprint density at radius 3 is 2.67 bits per heavy atom. The number of rotatable bonds is 7. The molecule has 1 saturated heterocycles. The van der Waals surface area contributed by atoms with Gasteiger partial charge in [0.2, 0.25) is 11.8 Å². The van der Waals surface area contributed by atoms with Crippen molar-refractivity contribution < 1.29 is 4.74 Å². The maximum absolute atomic E-state index is 6.12. The lowest BCUT2D eigenvalue weighted by molar-refractivity contribution is 0.462. The highest BCUT2D eigenvalue weighted by atomic mass is 16.5. The van der Waals surface area contributed by atoms with Crippen LogP contribution in [0, 0.1) is 0 Å². The van der Waals surface area contributed by atoms with Crippen molar-refractivity contribution in [1.29, 1.82) is 0 Å². The third-order valence-electron chi connectivity index (χ3n) is 6.14. The molecule has 0 bridgehead atoms. The SMILES string of the molecule is c1ccc2[nH]c(Cc3ccc(Oc4nccnc4-c4ccnc(N[C@H]5CCCNC5)n4)cc3)nc2c1. The first-order chi connectivity index (χ1) is 17.8. The number of aromatic amines is 1. The van der Waals surface area contributed by atoms with Crippen LogP contribution in [0.15, 0.2) is 73.2 Å². The van der Waals surface area contributed by atoms with Gasteiger partial charge in [0.1, 0.15) is 11.6 Å². The minimum Gasteiger partial charge on any atom is -0.437 e. The summed E-state index contributed by atoms with van der Waals surface area (Å²) in [5.41, 5.74) is 4.36. The van der Waals surface area contributed by atoms with Crippen molar-refractivity contribution in [3.63, 3.8) is 0 Å². The number of hydrogen-bond donors (Lipinski definition) is 3. The van der Waals surface area contributed by atoms with Crippen molar-refractivity contribution in [3.8, 4) is 23.0 Å². The van der Waals surface area contributed by atoms with Gasteiger partial charge < -0.3 is 20.4 Å². The number of benzene rings is 2. The molecular weight excluding hydrogens is 452 g/mol. The molecule has 9 heteroatoms. The summed E-state index contributed by atoms with van der Waals surface area (Å²) in [5, 5.41) is 6.81. The van der Waals surface area contributed by atoms with Gasteiger partial charge in [-0.15, -0.1) is 0 Å². The van der Waals surface area contributed by atoms with E-state index in [-0.39, 0.29) is 0 Å². The molecule has 36 heavy (non-hydrogen) atoms. The summed E-state index contributed by atoms with van der Waals surface area (Å²) in [6, 6.07) is 18.1. The number of anilines is 1. The highest BCUT2D eigenvalue weighted by Gasteiger charge is 2.16. The van der Waals surface area contributed by atoms with Gasteiger partial charge in [-0.05, 0) is 55.3 Å². The van der Waals surface area contributed by atoms with Crippen molar-refractivity contribution in [3.05, 3.63) is 84.6 Å². The average Bonchev–Trinajstić information content (AvgIpc) is 3.33. The fourth-order valence-electron chi connectivity index (χ4n) is 4.36. The molecule has 0 unspecified atom stereocenters. The Bertz CT molecular complexity index is 1430. The number of aromatic nitrogens is 6. The number of para-hydroxylation sites is 2. The molecule has 3 aromatic heterocycles. The van der Waals surface area contributed by atoms with Crippen molar-refractivity contribution in [2.45, 2.75) is 25.3 Å². The van der Waals surface area contributed by atoms with Crippen LogP contribution in [0.2, 0.25) is 0 Å². The molecule has 0 spiro atoms. The highest BCUT2D eigenvalue weighted by molar-refractivity contribution is 5.74. The number of fused-ring (bicyclic) bond motifs is 1. The first kappa shape index (κ1) is 22.1. The smallest absolute Gasteiger partial charge is 0.247 e. The molecule has 1 aliphatic heterocycles. The maximum atomic E-state index is 6.12. The Labute approximate surface area is 208 Å². The fraction of sp³-hybridized carbons (Fsp3) is 0.222. The second-order valence-electron chi connectivity index (χ2n) is 8.79. The average molecular weight is 479 g/mol. The van der Waals surface area contributed by atoms with Crippen LogP contribution in [-0.4, -0.2) is 49.0 Å². The minimum absolute atomic E-state index is 0.310. The van der Waals surface area contributed by atoms with Crippen LogP contribution in [-0.2, 0) is 6.42 Å². The Hall–Kier alpha value is -4.37. The monoisotopic (exact) mass is 478 g/mol. The third-order valence-corrected chi connectivity index (χ3v) is 6.14. The van der Waals surface area contributed by atoms with Crippen molar-refractivity contribution in [2.24, 2.45) is 0 Å². The molecule has 1 atom stereocenters. The summed E-state index contributed by atoms with van der Waals surface area (Å²) >= 11 is 0. The Balaban J connectivity index is 1.17. The summed E-state index contributed by atoms with van der Waals surface area (Å²) in [4.78, 5) is 26.0. The molecule has 1 aliphatic rings. The molecule has 5 aromatic rings. The van der Waals surface area contributed by atoms with E-state index in [0.717, 1.165) is 48.4 Å². The van der Waals surface area contributed by atoms with Gasteiger partial charge in [-0.3, -0.25) is 0 Å². The summed E-state index contributed by atoms with van der Waals surface area (Å²) in [7, 11) is 0. The van der Waals surface area contributed by atoms with Crippen LogP contribution in [0.1, 0.15) is 24.2 Å². The third kappa shape index (κ3) is 5.01. The van der Waals surface area contributed by atoms with Crippen molar-refractivity contribution >= 4 is 17.0 Å². The van der Waals surface area contributed by atoms with Gasteiger partial charge in [-0.2, -0.15) is 0 Å². The molecule has 2 aromatic carbocycles. The van der Waals surface area contributed by atoms with Gasteiger partial charge in [-0.1, -0.05) is 24.3 Å². The Morgan fingerprint density at radius 1 is 0.917 bits per heavy atom. The maximum Gasteiger partial charge on any atom is 0.247 e. The minimum atomic E-state index is 0.310. The molecule has 0 saturated carbocycles. The van der Waals surface area contributed by atoms with E-state index in [9.17, 15) is 0 Å². The zero-order valence-electron chi connectivity index (χ0n) is 19.7. The number of ether oxygens (including phenoxy) is 1. The molecule has 0 amide bonds. The van der Waals surface area contributed by atoms with E-state index in [0.29, 0.717) is 41.4 Å². The van der Waals surface area contributed by atoms with Crippen LogP contribution in [0.5, 0.6) is 11.6 Å². The van der Waals surface area contributed by atoms with Gasteiger partial charge in [0, 0.05) is 37.6 Å². The molecule has 180 valence electrons. The molecule has 3 N–H and O–H groups in total. The first-order valence-corrected chi connectivity index (χ1v) is 12.1. The zero-order chi connectivity index (χ0) is 24.2. The predicted molar refractivity (Wildman–Crippen MR) is 138 cm³/mol. The molecule has 1 fully saturated rings. The highest BCUT2D eigenvalue weighted by Crippen LogP contribution is 2.29. The molecule has 6 rings (SSSR count). The molecular formula is C27H26N8O. The van der Waals surface area contributed by atoms with Crippen molar-refractivity contribution in [2.75, 3.05) is 18.4 Å². The van der Waals surface area contributed by atoms with E-state index >= 15 is 0 Å². The molecule has 9 nitrogen and oxygen atoms in total. The number of nitrogens with zero attached hydrogens (tertiary/aromatic N) is 5. The van der Waals surface area contributed by atoms with E-state index < -0.39 is 0 Å². The second-order valence-corrected chi connectivity index (χ2v) is 8.79. The molecule has 0 aliphatic carbocycles. The summed E-state index contributed by atoms with van der Waals surface area (Å²) in [6.07, 6.45) is 7.91. The number of imidazole rings is 1. The van der Waals surface area contributed by atoms with Crippen molar-refractivity contribution in [1.82, 2.24) is 35.2 Å².